The minimum Gasteiger partial charge on any atom is -0.481 e. The largest absolute Gasteiger partial charge is 0.481 e. The van der Waals surface area contributed by atoms with E-state index in [2.05, 4.69) is 51.8 Å². The number of hydrogen-bond donors (Lipinski definition) is 3. The Morgan fingerprint density at radius 3 is 2.72 bits per heavy atom. The SMILES string of the molecule is NCCCCc1c(-c2cccc(I)c2)[nH]c2ccc(CC(=O)O)cc12. The first-order valence-electron chi connectivity index (χ1n) is 8.40. The van der Waals surface area contributed by atoms with E-state index in [0.29, 0.717) is 6.54 Å². The molecule has 0 unspecified atom stereocenters. The number of aromatic nitrogens is 1. The van der Waals surface area contributed by atoms with E-state index in [4.69, 9.17) is 10.8 Å². The van der Waals surface area contributed by atoms with Crippen LogP contribution < -0.4 is 5.73 Å². The molecule has 1 heterocycles. The van der Waals surface area contributed by atoms with Crippen molar-refractivity contribution in [3.8, 4) is 11.3 Å². The second-order valence-electron chi connectivity index (χ2n) is 6.19. The standard InChI is InChI=1S/C20H21IN2O2/c21-15-5-3-4-14(12-15)20-16(6-1-2-9-22)17-10-13(11-19(24)25)7-8-18(17)23-20/h3-5,7-8,10,12,23H,1-2,6,9,11,22H2,(H,24,25). The first kappa shape index (κ1) is 17.9. The summed E-state index contributed by atoms with van der Waals surface area (Å²) < 4.78 is 1.19. The summed E-state index contributed by atoms with van der Waals surface area (Å²) in [5, 5.41) is 10.2. The van der Waals surface area contributed by atoms with Gasteiger partial charge in [0.1, 0.15) is 0 Å². The molecule has 0 saturated carbocycles. The summed E-state index contributed by atoms with van der Waals surface area (Å²) in [6, 6.07) is 14.3. The quantitative estimate of drug-likeness (QED) is 0.372. The molecule has 0 amide bonds. The lowest BCUT2D eigenvalue weighted by atomic mass is 9.99. The number of halogens is 1. The van der Waals surface area contributed by atoms with E-state index in [1.165, 1.54) is 9.13 Å². The highest BCUT2D eigenvalue weighted by Gasteiger charge is 2.14. The lowest BCUT2D eigenvalue weighted by molar-refractivity contribution is -0.136. The van der Waals surface area contributed by atoms with Crippen LogP contribution in [0.1, 0.15) is 24.0 Å². The number of benzene rings is 2. The van der Waals surface area contributed by atoms with E-state index in [0.717, 1.165) is 47.0 Å². The van der Waals surface area contributed by atoms with Gasteiger partial charge in [-0.3, -0.25) is 4.79 Å². The molecule has 4 N–H and O–H groups in total. The molecule has 0 bridgehead atoms. The number of fused-ring (bicyclic) bond motifs is 1. The number of H-pyrrole nitrogens is 1. The van der Waals surface area contributed by atoms with E-state index in [1.54, 1.807) is 0 Å². The fraction of sp³-hybridized carbons (Fsp3) is 0.250. The smallest absolute Gasteiger partial charge is 0.307 e. The molecule has 130 valence electrons. The molecule has 0 atom stereocenters. The fourth-order valence-electron chi connectivity index (χ4n) is 3.18. The van der Waals surface area contributed by atoms with Crippen molar-refractivity contribution < 1.29 is 9.90 Å². The summed E-state index contributed by atoms with van der Waals surface area (Å²) in [6.07, 6.45) is 2.97. The summed E-state index contributed by atoms with van der Waals surface area (Å²) in [5.41, 5.74) is 11.1. The van der Waals surface area contributed by atoms with Gasteiger partial charge in [-0.1, -0.05) is 18.2 Å². The molecule has 0 spiro atoms. The highest BCUT2D eigenvalue weighted by Crippen LogP contribution is 2.33. The molecule has 1 aromatic heterocycles. The minimum absolute atomic E-state index is 0.0436. The van der Waals surface area contributed by atoms with Crippen LogP contribution in [0.15, 0.2) is 42.5 Å². The van der Waals surface area contributed by atoms with Gasteiger partial charge < -0.3 is 15.8 Å². The summed E-state index contributed by atoms with van der Waals surface area (Å²) in [5.74, 6) is -0.808. The molecule has 3 aromatic rings. The molecular weight excluding hydrogens is 427 g/mol. The van der Waals surface area contributed by atoms with Crippen molar-refractivity contribution in [2.24, 2.45) is 5.73 Å². The van der Waals surface area contributed by atoms with Gasteiger partial charge in [0.05, 0.1) is 6.42 Å². The van der Waals surface area contributed by atoms with E-state index in [1.807, 2.05) is 18.2 Å². The summed E-state index contributed by atoms with van der Waals surface area (Å²) in [7, 11) is 0. The Balaban J connectivity index is 2.10. The fourth-order valence-corrected chi connectivity index (χ4v) is 3.72. The minimum atomic E-state index is -0.808. The predicted molar refractivity (Wildman–Crippen MR) is 110 cm³/mol. The Hall–Kier alpha value is -1.86. The zero-order valence-corrected chi connectivity index (χ0v) is 16.0. The molecule has 0 radical (unpaired) electrons. The molecule has 25 heavy (non-hydrogen) atoms. The lowest BCUT2D eigenvalue weighted by Crippen LogP contribution is -2.00. The van der Waals surface area contributed by atoms with Gasteiger partial charge in [0.2, 0.25) is 0 Å². The van der Waals surface area contributed by atoms with Crippen LogP contribution in [0.2, 0.25) is 0 Å². The molecule has 3 rings (SSSR count). The van der Waals surface area contributed by atoms with Gasteiger partial charge in [0, 0.05) is 20.2 Å². The normalized spacial score (nSPS) is 11.1. The van der Waals surface area contributed by atoms with Crippen LogP contribution in [0.4, 0.5) is 0 Å². The number of aromatic amines is 1. The van der Waals surface area contributed by atoms with Gasteiger partial charge in [-0.05, 0) is 89.4 Å². The molecule has 2 aromatic carbocycles. The van der Waals surface area contributed by atoms with Crippen LogP contribution in [0, 0.1) is 3.57 Å². The van der Waals surface area contributed by atoms with Gasteiger partial charge in [0.15, 0.2) is 0 Å². The summed E-state index contributed by atoms with van der Waals surface area (Å²) in [6.45, 7) is 0.686. The zero-order valence-electron chi connectivity index (χ0n) is 13.9. The van der Waals surface area contributed by atoms with Crippen molar-refractivity contribution in [1.82, 2.24) is 4.98 Å². The number of rotatable bonds is 7. The number of hydrogen-bond acceptors (Lipinski definition) is 2. The Morgan fingerprint density at radius 2 is 2.00 bits per heavy atom. The number of aliphatic carboxylic acids is 1. The number of aryl methyl sites for hydroxylation is 1. The first-order chi connectivity index (χ1) is 12.1. The Kier molecular flexibility index (Phi) is 5.75. The van der Waals surface area contributed by atoms with Gasteiger partial charge >= 0.3 is 5.97 Å². The topological polar surface area (TPSA) is 79.1 Å². The van der Waals surface area contributed by atoms with Gasteiger partial charge in [0.25, 0.3) is 0 Å². The molecule has 0 aliphatic rings. The molecule has 0 aliphatic carbocycles. The van der Waals surface area contributed by atoms with Crippen molar-refractivity contribution in [1.29, 1.82) is 0 Å². The zero-order chi connectivity index (χ0) is 17.8. The first-order valence-corrected chi connectivity index (χ1v) is 9.47. The van der Waals surface area contributed by atoms with Crippen LogP contribution in [0.25, 0.3) is 22.2 Å². The van der Waals surface area contributed by atoms with Crippen molar-refractivity contribution in [2.45, 2.75) is 25.7 Å². The third kappa shape index (κ3) is 4.22. The van der Waals surface area contributed by atoms with Crippen LogP contribution in [-0.2, 0) is 17.6 Å². The molecule has 4 nitrogen and oxygen atoms in total. The number of unbranched alkanes of at least 4 members (excludes halogenated alkanes) is 1. The van der Waals surface area contributed by atoms with E-state index >= 15 is 0 Å². The van der Waals surface area contributed by atoms with E-state index in [-0.39, 0.29) is 6.42 Å². The third-order valence-electron chi connectivity index (χ3n) is 4.32. The predicted octanol–water partition coefficient (Wildman–Crippen LogP) is 4.35. The van der Waals surface area contributed by atoms with Crippen LogP contribution in [0.3, 0.4) is 0 Å². The summed E-state index contributed by atoms with van der Waals surface area (Å²) in [4.78, 5) is 14.6. The van der Waals surface area contributed by atoms with E-state index < -0.39 is 5.97 Å². The monoisotopic (exact) mass is 448 g/mol. The molecular formula is C20H21IN2O2. The highest BCUT2D eigenvalue weighted by atomic mass is 127. The summed E-state index contributed by atoms with van der Waals surface area (Å²) >= 11 is 2.32. The van der Waals surface area contributed by atoms with Crippen molar-refractivity contribution in [3.63, 3.8) is 0 Å². The molecule has 0 aliphatic heterocycles. The Morgan fingerprint density at radius 1 is 1.16 bits per heavy atom. The Labute approximate surface area is 160 Å². The average molecular weight is 448 g/mol. The Bertz CT molecular complexity index is 902. The van der Waals surface area contributed by atoms with Crippen molar-refractivity contribution >= 4 is 39.5 Å². The van der Waals surface area contributed by atoms with Crippen molar-refractivity contribution in [2.75, 3.05) is 6.54 Å². The molecule has 0 saturated heterocycles. The highest BCUT2D eigenvalue weighted by molar-refractivity contribution is 14.1. The van der Waals surface area contributed by atoms with E-state index in [9.17, 15) is 4.79 Å². The number of nitrogens with one attached hydrogen (secondary N) is 1. The van der Waals surface area contributed by atoms with Gasteiger partial charge in [-0.2, -0.15) is 0 Å². The number of carboxylic acids is 1. The number of carbonyl (C=O) groups is 1. The maximum absolute atomic E-state index is 11.0. The molecule has 5 heteroatoms. The molecule has 0 fully saturated rings. The average Bonchev–Trinajstić information content (AvgIpc) is 2.93. The maximum Gasteiger partial charge on any atom is 0.307 e. The lowest BCUT2D eigenvalue weighted by Gasteiger charge is -2.06. The second-order valence-corrected chi connectivity index (χ2v) is 7.43. The second kappa shape index (κ2) is 8.01. The third-order valence-corrected chi connectivity index (χ3v) is 4.99. The number of nitrogens with two attached hydrogens (primary N) is 1. The maximum atomic E-state index is 11.0. The van der Waals surface area contributed by atoms with Crippen molar-refractivity contribution in [3.05, 3.63) is 57.2 Å². The van der Waals surface area contributed by atoms with Gasteiger partial charge in [-0.25, -0.2) is 0 Å². The van der Waals surface area contributed by atoms with Crippen LogP contribution in [-0.4, -0.2) is 22.6 Å². The van der Waals surface area contributed by atoms with Crippen LogP contribution >= 0.6 is 22.6 Å². The van der Waals surface area contributed by atoms with Crippen LogP contribution in [0.5, 0.6) is 0 Å². The number of carboxylic acid groups (broad SMARTS) is 1. The van der Waals surface area contributed by atoms with Gasteiger partial charge in [-0.15, -0.1) is 0 Å².